The van der Waals surface area contributed by atoms with E-state index in [0.717, 1.165) is 24.3 Å². The fraction of sp³-hybridized carbons (Fsp3) is 0.389. The molecule has 132 valence electrons. The Morgan fingerprint density at radius 2 is 2.00 bits per heavy atom. The maximum atomic E-state index is 11.8. The van der Waals surface area contributed by atoms with Gasteiger partial charge in [0.1, 0.15) is 5.75 Å². The van der Waals surface area contributed by atoms with Gasteiger partial charge >= 0.3 is 5.56 Å². The standard InChI is InChI=1S/C18H23N5O2/c1-2-3-4-5-10-25-14-8-6-13(7-9-14)11-23-16-15(20-12-21-16)17(24)22-18(23)19/h6-9,12H,2-5,10-11H2,1H3,(H,20,21)(H2,19,22,24). The van der Waals surface area contributed by atoms with Crippen LogP contribution in [0.1, 0.15) is 38.2 Å². The molecule has 0 bridgehead atoms. The normalized spacial score (nSPS) is 11.1. The van der Waals surface area contributed by atoms with Gasteiger partial charge in [0.05, 0.1) is 19.5 Å². The van der Waals surface area contributed by atoms with Crippen LogP contribution in [0.25, 0.3) is 11.2 Å². The molecule has 0 aliphatic rings. The van der Waals surface area contributed by atoms with Gasteiger partial charge in [-0.25, -0.2) is 4.98 Å². The van der Waals surface area contributed by atoms with E-state index in [1.165, 1.54) is 25.6 Å². The zero-order chi connectivity index (χ0) is 17.6. The second-order valence-corrected chi connectivity index (χ2v) is 6.02. The lowest BCUT2D eigenvalue weighted by Crippen LogP contribution is -2.18. The van der Waals surface area contributed by atoms with E-state index >= 15 is 0 Å². The molecule has 0 unspecified atom stereocenters. The van der Waals surface area contributed by atoms with E-state index in [1.54, 1.807) is 4.57 Å². The average molecular weight is 341 g/mol. The van der Waals surface area contributed by atoms with E-state index in [-0.39, 0.29) is 5.95 Å². The summed E-state index contributed by atoms with van der Waals surface area (Å²) in [6, 6.07) is 7.86. The van der Waals surface area contributed by atoms with Crippen molar-refractivity contribution >= 4 is 17.1 Å². The summed E-state index contributed by atoms with van der Waals surface area (Å²) in [4.78, 5) is 22.6. The summed E-state index contributed by atoms with van der Waals surface area (Å²) in [7, 11) is 0. The van der Waals surface area contributed by atoms with E-state index < -0.39 is 5.56 Å². The number of benzene rings is 1. The Morgan fingerprint density at radius 3 is 2.76 bits per heavy atom. The number of aromatic amines is 1. The number of anilines is 1. The summed E-state index contributed by atoms with van der Waals surface area (Å²) in [5.74, 6) is 1.01. The summed E-state index contributed by atoms with van der Waals surface area (Å²) < 4.78 is 7.47. The Bertz CT molecular complexity index is 883. The van der Waals surface area contributed by atoms with Crippen LogP contribution in [0.3, 0.4) is 0 Å². The van der Waals surface area contributed by atoms with Crippen LogP contribution in [0.2, 0.25) is 0 Å². The van der Waals surface area contributed by atoms with Crippen molar-refractivity contribution in [3.05, 3.63) is 46.5 Å². The van der Waals surface area contributed by atoms with Crippen molar-refractivity contribution in [2.75, 3.05) is 12.3 Å². The topological polar surface area (TPSA) is 98.8 Å². The molecule has 3 rings (SSSR count). The molecule has 2 aromatic heterocycles. The summed E-state index contributed by atoms with van der Waals surface area (Å²) >= 11 is 0. The first-order chi connectivity index (χ1) is 12.2. The Kier molecular flexibility index (Phi) is 5.33. The molecule has 0 saturated carbocycles. The monoisotopic (exact) mass is 341 g/mol. The number of imidazole rings is 1. The molecule has 0 atom stereocenters. The van der Waals surface area contributed by atoms with E-state index in [0.29, 0.717) is 17.7 Å². The van der Waals surface area contributed by atoms with Gasteiger partial charge in [-0.3, -0.25) is 9.36 Å². The second kappa shape index (κ2) is 7.83. The van der Waals surface area contributed by atoms with Gasteiger partial charge in [0.25, 0.3) is 0 Å². The SMILES string of the molecule is CCCCCCOc1ccc(Cn2c(N)nc(=O)c3[nH]cnc32)cc1. The number of hydrogen-bond acceptors (Lipinski definition) is 5. The van der Waals surface area contributed by atoms with Crippen LogP contribution in [0, 0.1) is 0 Å². The molecule has 3 aromatic rings. The molecule has 0 aliphatic carbocycles. The van der Waals surface area contributed by atoms with Crippen molar-refractivity contribution in [3.63, 3.8) is 0 Å². The van der Waals surface area contributed by atoms with Crippen LogP contribution in [-0.2, 0) is 6.54 Å². The Morgan fingerprint density at radius 1 is 1.20 bits per heavy atom. The zero-order valence-electron chi connectivity index (χ0n) is 14.4. The van der Waals surface area contributed by atoms with E-state index in [4.69, 9.17) is 10.5 Å². The highest BCUT2D eigenvalue weighted by Crippen LogP contribution is 2.16. The van der Waals surface area contributed by atoms with Gasteiger partial charge in [-0.15, -0.1) is 0 Å². The summed E-state index contributed by atoms with van der Waals surface area (Å²) in [5.41, 5.74) is 7.41. The second-order valence-electron chi connectivity index (χ2n) is 6.02. The van der Waals surface area contributed by atoms with Crippen molar-refractivity contribution in [1.82, 2.24) is 19.5 Å². The lowest BCUT2D eigenvalue weighted by atomic mass is 10.2. The van der Waals surface area contributed by atoms with Crippen molar-refractivity contribution < 1.29 is 4.74 Å². The van der Waals surface area contributed by atoms with Crippen molar-refractivity contribution in [2.45, 2.75) is 39.2 Å². The van der Waals surface area contributed by atoms with Gasteiger partial charge in [-0.05, 0) is 24.1 Å². The molecule has 7 heteroatoms. The number of H-pyrrole nitrogens is 1. The zero-order valence-corrected chi connectivity index (χ0v) is 14.4. The number of unbranched alkanes of at least 4 members (excludes halogenated alkanes) is 3. The predicted molar refractivity (Wildman–Crippen MR) is 97.7 cm³/mol. The van der Waals surface area contributed by atoms with Crippen molar-refractivity contribution in [2.24, 2.45) is 0 Å². The molecule has 0 saturated heterocycles. The summed E-state index contributed by atoms with van der Waals surface area (Å²) in [5, 5.41) is 0. The van der Waals surface area contributed by atoms with Crippen molar-refractivity contribution in [3.8, 4) is 5.75 Å². The number of fused-ring (bicyclic) bond motifs is 1. The number of nitrogens with one attached hydrogen (secondary N) is 1. The highest BCUT2D eigenvalue weighted by Gasteiger charge is 2.11. The average Bonchev–Trinajstić information content (AvgIpc) is 3.10. The fourth-order valence-electron chi connectivity index (χ4n) is 2.73. The van der Waals surface area contributed by atoms with Gasteiger partial charge < -0.3 is 15.5 Å². The first-order valence-electron chi connectivity index (χ1n) is 8.60. The number of nitrogen functional groups attached to an aromatic ring is 1. The minimum absolute atomic E-state index is 0.154. The van der Waals surface area contributed by atoms with Gasteiger partial charge in [-0.1, -0.05) is 38.3 Å². The molecule has 0 radical (unpaired) electrons. The van der Waals surface area contributed by atoms with E-state index in [9.17, 15) is 4.79 Å². The smallest absolute Gasteiger partial charge is 0.300 e. The Balaban J connectivity index is 1.68. The maximum absolute atomic E-state index is 11.8. The largest absolute Gasteiger partial charge is 0.494 e. The number of nitrogens with zero attached hydrogens (tertiary/aromatic N) is 3. The lowest BCUT2D eigenvalue weighted by molar-refractivity contribution is 0.305. The van der Waals surface area contributed by atoms with Crippen LogP contribution in [-0.4, -0.2) is 26.1 Å². The highest BCUT2D eigenvalue weighted by molar-refractivity contribution is 5.70. The van der Waals surface area contributed by atoms with E-state index in [2.05, 4.69) is 21.9 Å². The lowest BCUT2D eigenvalue weighted by Gasteiger charge is -2.11. The first kappa shape index (κ1) is 17.0. The predicted octanol–water partition coefficient (Wildman–Crippen LogP) is 2.71. The molecule has 2 heterocycles. The molecule has 25 heavy (non-hydrogen) atoms. The molecular weight excluding hydrogens is 318 g/mol. The van der Waals surface area contributed by atoms with Crippen LogP contribution >= 0.6 is 0 Å². The van der Waals surface area contributed by atoms with Crippen molar-refractivity contribution in [1.29, 1.82) is 0 Å². The number of ether oxygens (including phenoxy) is 1. The van der Waals surface area contributed by atoms with E-state index in [1.807, 2.05) is 24.3 Å². The van der Waals surface area contributed by atoms with Gasteiger partial charge in [0.2, 0.25) is 5.95 Å². The Hall–Kier alpha value is -2.83. The number of rotatable bonds is 8. The van der Waals surface area contributed by atoms with Gasteiger partial charge in [-0.2, -0.15) is 4.98 Å². The Labute approximate surface area is 145 Å². The number of nitrogens with two attached hydrogens (primary N) is 1. The summed E-state index contributed by atoms with van der Waals surface area (Å²) in [6.45, 7) is 3.42. The number of aromatic nitrogens is 4. The van der Waals surface area contributed by atoms with Crippen LogP contribution < -0.4 is 16.0 Å². The molecule has 0 spiro atoms. The minimum atomic E-state index is -0.395. The maximum Gasteiger partial charge on any atom is 0.300 e. The highest BCUT2D eigenvalue weighted by atomic mass is 16.5. The molecule has 0 aliphatic heterocycles. The fourth-order valence-corrected chi connectivity index (χ4v) is 2.73. The molecule has 3 N–H and O–H groups in total. The molecule has 7 nitrogen and oxygen atoms in total. The van der Waals surface area contributed by atoms with Crippen LogP contribution in [0.15, 0.2) is 35.4 Å². The third kappa shape index (κ3) is 3.99. The quantitative estimate of drug-likeness (QED) is 0.614. The van der Waals surface area contributed by atoms with Crippen LogP contribution in [0.4, 0.5) is 5.95 Å². The third-order valence-electron chi connectivity index (χ3n) is 4.11. The molecule has 0 fully saturated rings. The first-order valence-corrected chi connectivity index (χ1v) is 8.60. The molecule has 1 aromatic carbocycles. The third-order valence-corrected chi connectivity index (χ3v) is 4.11. The minimum Gasteiger partial charge on any atom is -0.494 e. The number of hydrogen-bond donors (Lipinski definition) is 2. The van der Waals surface area contributed by atoms with Crippen LogP contribution in [0.5, 0.6) is 5.75 Å². The summed E-state index contributed by atoms with van der Waals surface area (Å²) in [6.07, 6.45) is 6.22. The van der Waals surface area contributed by atoms with Gasteiger partial charge in [0.15, 0.2) is 11.2 Å². The molecule has 0 amide bonds. The van der Waals surface area contributed by atoms with Gasteiger partial charge in [0, 0.05) is 0 Å². The molecular formula is C18H23N5O2.